The molecule has 6 nitrogen and oxygen atoms in total. The van der Waals surface area contributed by atoms with Crippen molar-refractivity contribution in [2.45, 2.75) is 13.0 Å². The second kappa shape index (κ2) is 7.66. The third kappa shape index (κ3) is 3.53. The molecule has 0 aliphatic heterocycles. The highest BCUT2D eigenvalue weighted by molar-refractivity contribution is 5.97. The van der Waals surface area contributed by atoms with Gasteiger partial charge in [0, 0.05) is 5.56 Å². The first-order valence-corrected chi connectivity index (χ1v) is 9.94. The smallest absolute Gasteiger partial charge is 0.274 e. The molecule has 1 aromatic heterocycles. The number of allylic oxidation sites excluding steroid dienone is 1. The molecule has 1 heterocycles. The van der Waals surface area contributed by atoms with Gasteiger partial charge in [0.05, 0.1) is 23.8 Å². The Morgan fingerprint density at radius 1 is 1.06 bits per heavy atom. The average Bonchev–Trinajstić information content (AvgIpc) is 3.25. The molecule has 31 heavy (non-hydrogen) atoms. The van der Waals surface area contributed by atoms with Crippen LogP contribution in [0, 0.1) is 0 Å². The molecule has 4 aromatic rings. The number of nitrogens with zero attached hydrogens (tertiary/aromatic N) is 2. The molecule has 1 amide bonds. The molecule has 1 aliphatic carbocycles. The molecule has 0 atom stereocenters. The van der Waals surface area contributed by atoms with Crippen molar-refractivity contribution in [1.29, 1.82) is 0 Å². The first-order chi connectivity index (χ1) is 15.1. The Morgan fingerprint density at radius 2 is 1.94 bits per heavy atom. The van der Waals surface area contributed by atoms with Crippen LogP contribution in [0.15, 0.2) is 77.9 Å². The van der Waals surface area contributed by atoms with Gasteiger partial charge in [-0.05, 0) is 58.5 Å². The van der Waals surface area contributed by atoms with E-state index in [9.17, 15) is 9.59 Å². The van der Waals surface area contributed by atoms with Crippen LogP contribution in [-0.4, -0.2) is 20.7 Å². The number of carbonyl (C=O) groups is 1. The highest BCUT2D eigenvalue weighted by atomic mass is 16.5. The monoisotopic (exact) mass is 409 g/mol. The van der Waals surface area contributed by atoms with Crippen molar-refractivity contribution in [2.75, 3.05) is 0 Å². The van der Waals surface area contributed by atoms with Gasteiger partial charge in [0.2, 0.25) is 0 Å². The van der Waals surface area contributed by atoms with Crippen LogP contribution in [0.1, 0.15) is 32.6 Å². The van der Waals surface area contributed by atoms with Gasteiger partial charge in [-0.15, -0.1) is 0 Å². The van der Waals surface area contributed by atoms with Gasteiger partial charge in [0.15, 0.2) is 0 Å². The quantitative estimate of drug-likeness (QED) is 0.398. The summed E-state index contributed by atoms with van der Waals surface area (Å²) in [5.41, 5.74) is 7.99. The minimum absolute atomic E-state index is 0.196. The lowest BCUT2D eigenvalue weighted by atomic mass is 10.0. The maximum atomic E-state index is 13.0. The first-order valence-electron chi connectivity index (χ1n) is 9.94. The highest BCUT2D eigenvalue weighted by Gasteiger charge is 2.14. The number of hydrogen-bond acceptors (Lipinski definition) is 4. The zero-order valence-corrected chi connectivity index (χ0v) is 16.6. The largest absolute Gasteiger partial charge is 0.294 e. The molecule has 0 saturated carbocycles. The van der Waals surface area contributed by atoms with Gasteiger partial charge in [-0.2, -0.15) is 0 Å². The number of fused-ring (bicyclic) bond motifs is 2. The number of hydroxylamine groups is 1. The fraction of sp³-hybridized carbons (Fsp3) is 0.0800. The van der Waals surface area contributed by atoms with Gasteiger partial charge in [-0.1, -0.05) is 48.5 Å². The SMILES string of the molecule is O=C(NO)c1ccc2ncn(Cc3cccc(C4=Cc5ccccc5C4)c3)c(=O)c2c1. The Balaban J connectivity index is 1.47. The summed E-state index contributed by atoms with van der Waals surface area (Å²) in [4.78, 5) is 29.0. The number of hydrogen-bond donors (Lipinski definition) is 2. The van der Waals surface area contributed by atoms with Crippen LogP contribution < -0.4 is 11.0 Å². The van der Waals surface area contributed by atoms with Crippen LogP contribution in [0.2, 0.25) is 0 Å². The highest BCUT2D eigenvalue weighted by Crippen LogP contribution is 2.31. The van der Waals surface area contributed by atoms with Crippen molar-refractivity contribution < 1.29 is 10.0 Å². The minimum Gasteiger partial charge on any atom is -0.294 e. The maximum Gasteiger partial charge on any atom is 0.274 e. The van der Waals surface area contributed by atoms with Crippen LogP contribution in [-0.2, 0) is 13.0 Å². The van der Waals surface area contributed by atoms with Crippen LogP contribution in [0.3, 0.4) is 0 Å². The molecule has 5 rings (SSSR count). The molecule has 0 saturated heterocycles. The Bertz CT molecular complexity index is 1420. The van der Waals surface area contributed by atoms with E-state index in [1.54, 1.807) is 11.5 Å². The predicted octanol–water partition coefficient (Wildman–Crippen LogP) is 3.66. The number of rotatable bonds is 4. The van der Waals surface area contributed by atoms with Crippen molar-refractivity contribution in [1.82, 2.24) is 15.0 Å². The van der Waals surface area contributed by atoms with E-state index in [0.29, 0.717) is 17.4 Å². The molecule has 6 heteroatoms. The molecule has 0 fully saturated rings. The van der Waals surface area contributed by atoms with E-state index in [2.05, 4.69) is 41.4 Å². The second-order valence-corrected chi connectivity index (χ2v) is 7.60. The number of nitrogens with one attached hydrogen (secondary N) is 1. The summed E-state index contributed by atoms with van der Waals surface area (Å²) in [5.74, 6) is -0.671. The molecule has 2 N–H and O–H groups in total. The fourth-order valence-electron chi connectivity index (χ4n) is 4.01. The van der Waals surface area contributed by atoms with Gasteiger partial charge in [-0.25, -0.2) is 10.5 Å². The molecule has 0 radical (unpaired) electrons. The average molecular weight is 409 g/mol. The number of benzene rings is 3. The summed E-state index contributed by atoms with van der Waals surface area (Å²) in [6.07, 6.45) is 4.63. The molecule has 0 spiro atoms. The van der Waals surface area contributed by atoms with Crippen LogP contribution in [0.5, 0.6) is 0 Å². The van der Waals surface area contributed by atoms with Crippen molar-refractivity contribution in [2.24, 2.45) is 0 Å². The van der Waals surface area contributed by atoms with Gasteiger partial charge in [-0.3, -0.25) is 19.4 Å². The fourth-order valence-corrected chi connectivity index (χ4v) is 4.01. The summed E-state index contributed by atoms with van der Waals surface area (Å²) in [6.45, 7) is 0.367. The number of aromatic nitrogens is 2. The Hall–Kier alpha value is -4.03. The van der Waals surface area contributed by atoms with Gasteiger partial charge < -0.3 is 0 Å². The van der Waals surface area contributed by atoms with Gasteiger partial charge in [0.1, 0.15) is 0 Å². The standard InChI is InChI=1S/C25H19N3O3/c29-24(27-31)20-8-9-23-22(13-20)25(30)28(15-26-23)14-16-4-3-7-17(10-16)21-11-18-5-1-2-6-19(18)12-21/h1-11,13,15,31H,12,14H2,(H,27,29). The summed E-state index contributed by atoms with van der Waals surface area (Å²) in [7, 11) is 0. The van der Waals surface area contributed by atoms with Crippen LogP contribution >= 0.6 is 0 Å². The summed E-state index contributed by atoms with van der Waals surface area (Å²) >= 11 is 0. The maximum absolute atomic E-state index is 13.0. The van der Waals surface area contributed by atoms with E-state index in [1.165, 1.54) is 39.7 Å². The minimum atomic E-state index is -0.671. The molecule has 3 aromatic carbocycles. The number of carbonyl (C=O) groups excluding carboxylic acids is 1. The second-order valence-electron chi connectivity index (χ2n) is 7.60. The van der Waals surface area contributed by atoms with Gasteiger partial charge in [0.25, 0.3) is 11.5 Å². The molecule has 0 bridgehead atoms. The summed E-state index contributed by atoms with van der Waals surface area (Å²) in [5, 5.41) is 9.18. The molecule has 152 valence electrons. The lowest BCUT2D eigenvalue weighted by molar-refractivity contribution is 0.0706. The van der Waals surface area contributed by atoms with Crippen LogP contribution in [0.25, 0.3) is 22.6 Å². The first kappa shape index (κ1) is 19.0. The molecule has 1 aliphatic rings. The van der Waals surface area contributed by atoms with E-state index in [-0.39, 0.29) is 11.1 Å². The van der Waals surface area contributed by atoms with E-state index in [0.717, 1.165) is 17.5 Å². The van der Waals surface area contributed by atoms with Crippen molar-refractivity contribution in [3.05, 3.63) is 111 Å². The molecular weight excluding hydrogens is 390 g/mol. The van der Waals surface area contributed by atoms with Crippen LogP contribution in [0.4, 0.5) is 0 Å². The van der Waals surface area contributed by atoms with Crippen molar-refractivity contribution in [3.8, 4) is 0 Å². The third-order valence-electron chi connectivity index (χ3n) is 5.60. The van der Waals surface area contributed by atoms with Crippen molar-refractivity contribution in [3.63, 3.8) is 0 Å². The van der Waals surface area contributed by atoms with E-state index in [1.807, 2.05) is 18.2 Å². The van der Waals surface area contributed by atoms with E-state index < -0.39 is 5.91 Å². The third-order valence-corrected chi connectivity index (χ3v) is 5.60. The topological polar surface area (TPSA) is 84.2 Å². The summed E-state index contributed by atoms with van der Waals surface area (Å²) in [6, 6.07) is 21.1. The lowest BCUT2D eigenvalue weighted by Gasteiger charge is -2.10. The number of amides is 1. The zero-order chi connectivity index (χ0) is 21.4. The van der Waals surface area contributed by atoms with Gasteiger partial charge >= 0.3 is 0 Å². The lowest BCUT2D eigenvalue weighted by Crippen LogP contribution is -2.23. The zero-order valence-electron chi connectivity index (χ0n) is 16.6. The summed E-state index contributed by atoms with van der Waals surface area (Å²) < 4.78 is 1.53. The predicted molar refractivity (Wildman–Crippen MR) is 119 cm³/mol. The Morgan fingerprint density at radius 3 is 2.77 bits per heavy atom. The normalized spacial score (nSPS) is 12.5. The van der Waals surface area contributed by atoms with E-state index >= 15 is 0 Å². The van der Waals surface area contributed by atoms with Crippen molar-refractivity contribution >= 4 is 28.5 Å². The van der Waals surface area contributed by atoms with E-state index in [4.69, 9.17) is 5.21 Å². The Labute approximate surface area is 178 Å². The Kier molecular flexibility index (Phi) is 4.69. The molecular formula is C25H19N3O3. The molecule has 0 unspecified atom stereocenters.